The molecule has 7 nitrogen and oxygen atoms in total. The average Bonchev–Trinajstić information content (AvgIpc) is 3.25. The Morgan fingerprint density at radius 2 is 1.96 bits per heavy atom. The van der Waals surface area contributed by atoms with Crippen LogP contribution < -0.4 is 5.01 Å². The molecule has 2 aromatic rings. The average molecular weight is 368 g/mol. The summed E-state index contributed by atoms with van der Waals surface area (Å²) >= 11 is 0. The number of hydrazone groups is 1. The first-order chi connectivity index (χ1) is 13.0. The molecule has 0 atom stereocenters. The molecule has 1 aromatic carbocycles. The van der Waals surface area contributed by atoms with Gasteiger partial charge >= 0.3 is 5.97 Å². The monoisotopic (exact) mass is 368 g/mol. The van der Waals surface area contributed by atoms with Crippen LogP contribution in [0.15, 0.2) is 51.5 Å². The molecule has 1 amide bonds. The summed E-state index contributed by atoms with van der Waals surface area (Å²) in [6, 6.07) is 9.33. The SMILES string of the molecule is CCCCC1=NN(c2ccc(C(=O)O)cc2)C(=O)/C1=C\c1ccc(CO)o1. The van der Waals surface area contributed by atoms with Crippen LogP contribution in [-0.4, -0.2) is 27.8 Å². The third kappa shape index (κ3) is 3.98. The number of hydrogen-bond donors (Lipinski definition) is 2. The van der Waals surface area contributed by atoms with Gasteiger partial charge in [0.15, 0.2) is 0 Å². The second-order valence-electron chi connectivity index (χ2n) is 6.14. The second-order valence-corrected chi connectivity index (χ2v) is 6.14. The van der Waals surface area contributed by atoms with Crippen molar-refractivity contribution in [2.75, 3.05) is 5.01 Å². The number of carboxylic acids is 1. The van der Waals surface area contributed by atoms with Crippen molar-refractivity contribution in [2.45, 2.75) is 32.8 Å². The lowest BCUT2D eigenvalue weighted by Crippen LogP contribution is -2.21. The number of rotatable bonds is 7. The molecule has 0 unspecified atom stereocenters. The van der Waals surface area contributed by atoms with Crippen LogP contribution in [0.3, 0.4) is 0 Å². The van der Waals surface area contributed by atoms with E-state index in [1.54, 1.807) is 30.3 Å². The summed E-state index contributed by atoms with van der Waals surface area (Å²) in [7, 11) is 0. The van der Waals surface area contributed by atoms with Gasteiger partial charge < -0.3 is 14.6 Å². The van der Waals surface area contributed by atoms with Gasteiger partial charge in [-0.3, -0.25) is 4.79 Å². The zero-order valence-electron chi connectivity index (χ0n) is 14.9. The van der Waals surface area contributed by atoms with Crippen molar-refractivity contribution in [3.05, 3.63) is 59.1 Å². The van der Waals surface area contributed by atoms with Crippen LogP contribution in [-0.2, 0) is 11.4 Å². The third-order valence-corrected chi connectivity index (χ3v) is 4.21. The number of furan rings is 1. The fraction of sp³-hybridized carbons (Fsp3) is 0.250. The number of aliphatic hydroxyl groups excluding tert-OH is 1. The first-order valence-corrected chi connectivity index (χ1v) is 8.70. The van der Waals surface area contributed by atoms with Crippen LogP contribution in [0.25, 0.3) is 6.08 Å². The predicted octanol–water partition coefficient (Wildman–Crippen LogP) is 3.45. The fourth-order valence-corrected chi connectivity index (χ4v) is 2.75. The van der Waals surface area contributed by atoms with Crippen molar-refractivity contribution in [3.8, 4) is 0 Å². The smallest absolute Gasteiger partial charge is 0.335 e. The van der Waals surface area contributed by atoms with Gasteiger partial charge in [-0.1, -0.05) is 13.3 Å². The summed E-state index contributed by atoms with van der Waals surface area (Å²) in [6.45, 7) is 1.85. The number of aromatic carboxylic acids is 1. The summed E-state index contributed by atoms with van der Waals surface area (Å²) in [5.74, 6) is -0.444. The number of amides is 1. The van der Waals surface area contributed by atoms with E-state index in [1.807, 2.05) is 0 Å². The molecule has 7 heteroatoms. The van der Waals surface area contributed by atoms with Gasteiger partial charge in [0.2, 0.25) is 0 Å². The zero-order valence-corrected chi connectivity index (χ0v) is 14.9. The number of unbranched alkanes of at least 4 members (excludes halogenated alkanes) is 1. The van der Waals surface area contributed by atoms with Gasteiger partial charge in [-0.05, 0) is 55.3 Å². The Kier molecular flexibility index (Phi) is 5.52. The Labute approximate surface area is 156 Å². The fourth-order valence-electron chi connectivity index (χ4n) is 2.75. The van der Waals surface area contributed by atoms with Crippen LogP contribution in [0.2, 0.25) is 0 Å². The minimum atomic E-state index is -1.03. The molecule has 0 aliphatic carbocycles. The summed E-state index contributed by atoms with van der Waals surface area (Å²) in [5, 5.41) is 23.9. The molecular weight excluding hydrogens is 348 g/mol. The third-order valence-electron chi connectivity index (χ3n) is 4.21. The van der Waals surface area contributed by atoms with E-state index >= 15 is 0 Å². The number of aliphatic hydroxyl groups is 1. The molecule has 1 aliphatic rings. The molecule has 3 rings (SSSR count). The van der Waals surface area contributed by atoms with Gasteiger partial charge in [0, 0.05) is 0 Å². The topological polar surface area (TPSA) is 103 Å². The highest BCUT2D eigenvalue weighted by atomic mass is 16.4. The lowest BCUT2D eigenvalue weighted by Gasteiger charge is -2.11. The van der Waals surface area contributed by atoms with Crippen LogP contribution >= 0.6 is 0 Å². The van der Waals surface area contributed by atoms with E-state index in [2.05, 4.69) is 12.0 Å². The van der Waals surface area contributed by atoms with Crippen molar-refractivity contribution in [2.24, 2.45) is 5.10 Å². The number of anilines is 1. The molecule has 27 heavy (non-hydrogen) atoms. The minimum absolute atomic E-state index is 0.142. The number of benzene rings is 1. The molecule has 0 radical (unpaired) electrons. The Balaban J connectivity index is 1.93. The molecule has 0 saturated heterocycles. The molecule has 1 aromatic heterocycles. The molecule has 2 heterocycles. The highest BCUT2D eigenvalue weighted by Crippen LogP contribution is 2.27. The molecule has 1 aliphatic heterocycles. The Hall–Kier alpha value is -3.19. The highest BCUT2D eigenvalue weighted by molar-refractivity contribution is 6.32. The van der Waals surface area contributed by atoms with E-state index in [0.717, 1.165) is 12.8 Å². The number of carbonyl (C=O) groups is 2. The van der Waals surface area contributed by atoms with Gasteiger partial charge in [0.25, 0.3) is 5.91 Å². The van der Waals surface area contributed by atoms with E-state index in [0.29, 0.717) is 34.9 Å². The number of hydrogen-bond acceptors (Lipinski definition) is 5. The standard InChI is InChI=1S/C20H20N2O5/c1-2-3-4-18-17(11-15-9-10-16(12-23)27-15)19(24)22(21-18)14-7-5-13(6-8-14)20(25)26/h5-11,23H,2-4,12H2,1H3,(H,25,26)/b17-11-. The number of carboxylic acid groups (broad SMARTS) is 1. The van der Waals surface area contributed by atoms with Gasteiger partial charge in [-0.15, -0.1) is 0 Å². The van der Waals surface area contributed by atoms with E-state index in [9.17, 15) is 9.59 Å². The maximum Gasteiger partial charge on any atom is 0.335 e. The van der Waals surface area contributed by atoms with Gasteiger partial charge in [0.05, 0.1) is 22.5 Å². The van der Waals surface area contributed by atoms with Gasteiger partial charge in [-0.2, -0.15) is 10.1 Å². The Morgan fingerprint density at radius 3 is 2.56 bits per heavy atom. The van der Waals surface area contributed by atoms with E-state index in [1.165, 1.54) is 17.1 Å². The van der Waals surface area contributed by atoms with Crippen molar-refractivity contribution in [1.29, 1.82) is 0 Å². The first-order valence-electron chi connectivity index (χ1n) is 8.70. The van der Waals surface area contributed by atoms with Crippen molar-refractivity contribution in [3.63, 3.8) is 0 Å². The summed E-state index contributed by atoms with van der Waals surface area (Å²) in [5.41, 5.74) is 1.73. The van der Waals surface area contributed by atoms with Crippen molar-refractivity contribution in [1.82, 2.24) is 0 Å². The van der Waals surface area contributed by atoms with Crippen LogP contribution in [0, 0.1) is 0 Å². The number of carbonyl (C=O) groups excluding carboxylic acids is 1. The summed E-state index contributed by atoms with van der Waals surface area (Å²) in [4.78, 5) is 23.9. The first kappa shape index (κ1) is 18.6. The van der Waals surface area contributed by atoms with Crippen LogP contribution in [0.4, 0.5) is 5.69 Å². The van der Waals surface area contributed by atoms with Crippen LogP contribution in [0.1, 0.15) is 48.1 Å². The van der Waals surface area contributed by atoms with E-state index in [-0.39, 0.29) is 18.1 Å². The molecule has 0 spiro atoms. The molecule has 2 N–H and O–H groups in total. The largest absolute Gasteiger partial charge is 0.478 e. The van der Waals surface area contributed by atoms with Gasteiger partial charge in [-0.25, -0.2) is 4.79 Å². The maximum absolute atomic E-state index is 12.9. The lowest BCUT2D eigenvalue weighted by atomic mass is 10.0. The molecule has 0 saturated carbocycles. The molecule has 140 valence electrons. The molecule has 0 bridgehead atoms. The molecule has 0 fully saturated rings. The predicted molar refractivity (Wildman–Crippen MR) is 100 cm³/mol. The Bertz CT molecular complexity index is 909. The zero-order chi connectivity index (χ0) is 19.4. The number of nitrogens with zero attached hydrogens (tertiary/aromatic N) is 2. The highest BCUT2D eigenvalue weighted by Gasteiger charge is 2.31. The van der Waals surface area contributed by atoms with Crippen molar-refractivity contribution >= 4 is 29.4 Å². The van der Waals surface area contributed by atoms with E-state index < -0.39 is 5.97 Å². The quantitative estimate of drug-likeness (QED) is 0.729. The summed E-state index contributed by atoms with van der Waals surface area (Å²) < 4.78 is 5.46. The lowest BCUT2D eigenvalue weighted by molar-refractivity contribution is -0.114. The van der Waals surface area contributed by atoms with Gasteiger partial charge in [0.1, 0.15) is 18.1 Å². The van der Waals surface area contributed by atoms with Crippen molar-refractivity contribution < 1.29 is 24.2 Å². The Morgan fingerprint density at radius 1 is 1.22 bits per heavy atom. The maximum atomic E-state index is 12.9. The van der Waals surface area contributed by atoms with E-state index in [4.69, 9.17) is 14.6 Å². The minimum Gasteiger partial charge on any atom is -0.478 e. The summed E-state index contributed by atoms with van der Waals surface area (Å²) in [6.07, 6.45) is 4.12. The molecular formula is C20H20N2O5. The second kappa shape index (κ2) is 8.01. The normalized spacial score (nSPS) is 15.5. The van der Waals surface area contributed by atoms with Crippen LogP contribution in [0.5, 0.6) is 0 Å².